The smallest absolute Gasteiger partial charge is 0.230 e. The van der Waals surface area contributed by atoms with E-state index in [0.717, 1.165) is 11.1 Å². The number of anilines is 1. The van der Waals surface area contributed by atoms with E-state index < -0.39 is 0 Å². The molecule has 0 saturated heterocycles. The van der Waals surface area contributed by atoms with Crippen LogP contribution in [0.5, 0.6) is 0 Å². The molecule has 0 fully saturated rings. The molecule has 2 rings (SSSR count). The SMILES string of the molecule is NCc1ccccc1CC(=O)Nc1ccc(Cl)nn1. The Labute approximate surface area is 115 Å². The first kappa shape index (κ1) is 13.5. The Kier molecular flexibility index (Phi) is 4.43. The molecule has 5 nitrogen and oxygen atoms in total. The minimum Gasteiger partial charge on any atom is -0.326 e. The average Bonchev–Trinajstić information content (AvgIpc) is 2.42. The van der Waals surface area contributed by atoms with Crippen LogP contribution in [0.3, 0.4) is 0 Å². The Morgan fingerprint density at radius 3 is 2.53 bits per heavy atom. The topological polar surface area (TPSA) is 80.9 Å². The number of carbonyl (C=O) groups is 1. The zero-order valence-corrected chi connectivity index (χ0v) is 10.9. The molecule has 0 radical (unpaired) electrons. The molecule has 1 heterocycles. The summed E-state index contributed by atoms with van der Waals surface area (Å²) in [6.07, 6.45) is 0.248. The molecule has 3 N–H and O–H groups in total. The van der Waals surface area contributed by atoms with Crippen LogP contribution in [0, 0.1) is 0 Å². The monoisotopic (exact) mass is 276 g/mol. The number of hydrogen-bond donors (Lipinski definition) is 2. The van der Waals surface area contributed by atoms with Gasteiger partial charge in [-0.05, 0) is 23.3 Å². The van der Waals surface area contributed by atoms with E-state index in [9.17, 15) is 4.79 Å². The van der Waals surface area contributed by atoms with Gasteiger partial charge in [0.15, 0.2) is 11.0 Å². The lowest BCUT2D eigenvalue weighted by Crippen LogP contribution is -2.17. The highest BCUT2D eigenvalue weighted by atomic mass is 35.5. The van der Waals surface area contributed by atoms with Crippen LogP contribution in [0.4, 0.5) is 5.82 Å². The summed E-state index contributed by atoms with van der Waals surface area (Å²) in [4.78, 5) is 11.9. The first-order valence-electron chi connectivity index (χ1n) is 5.75. The molecule has 0 spiro atoms. The molecular weight excluding hydrogens is 264 g/mol. The zero-order valence-electron chi connectivity index (χ0n) is 10.1. The summed E-state index contributed by atoms with van der Waals surface area (Å²) in [6.45, 7) is 0.407. The van der Waals surface area contributed by atoms with Crippen LogP contribution in [0.2, 0.25) is 5.15 Å². The van der Waals surface area contributed by atoms with Crippen molar-refractivity contribution >= 4 is 23.3 Å². The molecule has 1 aromatic carbocycles. The van der Waals surface area contributed by atoms with Gasteiger partial charge in [0, 0.05) is 6.54 Å². The average molecular weight is 277 g/mol. The maximum atomic E-state index is 11.9. The van der Waals surface area contributed by atoms with Gasteiger partial charge < -0.3 is 11.1 Å². The van der Waals surface area contributed by atoms with Crippen LogP contribution in [-0.2, 0) is 17.8 Å². The second-order valence-electron chi connectivity index (χ2n) is 3.94. The zero-order chi connectivity index (χ0) is 13.7. The van der Waals surface area contributed by atoms with Crippen molar-refractivity contribution in [3.8, 4) is 0 Å². The van der Waals surface area contributed by atoms with Crippen LogP contribution < -0.4 is 11.1 Å². The molecule has 1 amide bonds. The predicted octanol–water partition coefficient (Wildman–Crippen LogP) is 1.77. The van der Waals surface area contributed by atoms with Gasteiger partial charge in [-0.25, -0.2) is 0 Å². The van der Waals surface area contributed by atoms with E-state index in [1.165, 1.54) is 0 Å². The van der Waals surface area contributed by atoms with Crippen LogP contribution in [0.15, 0.2) is 36.4 Å². The highest BCUT2D eigenvalue weighted by Crippen LogP contribution is 2.11. The summed E-state index contributed by atoms with van der Waals surface area (Å²) >= 11 is 5.62. The Bertz CT molecular complexity index is 571. The van der Waals surface area contributed by atoms with E-state index in [4.69, 9.17) is 17.3 Å². The molecule has 0 atom stereocenters. The number of rotatable bonds is 4. The summed E-state index contributed by atoms with van der Waals surface area (Å²) in [5, 5.41) is 10.4. The van der Waals surface area contributed by atoms with Crippen molar-refractivity contribution in [3.05, 3.63) is 52.7 Å². The Morgan fingerprint density at radius 1 is 1.16 bits per heavy atom. The number of halogens is 1. The number of benzene rings is 1. The minimum atomic E-state index is -0.169. The van der Waals surface area contributed by atoms with Gasteiger partial charge >= 0.3 is 0 Å². The number of nitrogens with one attached hydrogen (secondary N) is 1. The van der Waals surface area contributed by atoms with Crippen LogP contribution >= 0.6 is 11.6 Å². The van der Waals surface area contributed by atoms with Crippen LogP contribution in [0.1, 0.15) is 11.1 Å². The van der Waals surface area contributed by atoms with Gasteiger partial charge in [-0.3, -0.25) is 4.79 Å². The van der Waals surface area contributed by atoms with E-state index in [1.54, 1.807) is 12.1 Å². The third-order valence-corrected chi connectivity index (χ3v) is 2.79. The van der Waals surface area contributed by atoms with Crippen molar-refractivity contribution in [2.75, 3.05) is 5.32 Å². The number of carbonyl (C=O) groups excluding carboxylic acids is 1. The van der Waals surface area contributed by atoms with Crippen LogP contribution in [-0.4, -0.2) is 16.1 Å². The van der Waals surface area contributed by atoms with Crippen molar-refractivity contribution in [1.82, 2.24) is 10.2 Å². The van der Waals surface area contributed by atoms with Crippen molar-refractivity contribution in [3.63, 3.8) is 0 Å². The molecule has 0 unspecified atom stereocenters. The maximum Gasteiger partial charge on any atom is 0.230 e. The third-order valence-electron chi connectivity index (χ3n) is 2.59. The molecule has 0 aliphatic rings. The van der Waals surface area contributed by atoms with E-state index >= 15 is 0 Å². The predicted molar refractivity (Wildman–Crippen MR) is 73.7 cm³/mol. The molecule has 1 aromatic heterocycles. The summed E-state index contributed by atoms with van der Waals surface area (Å²) in [6, 6.07) is 10.7. The fraction of sp³-hybridized carbons (Fsp3) is 0.154. The van der Waals surface area contributed by atoms with Crippen molar-refractivity contribution < 1.29 is 4.79 Å². The van der Waals surface area contributed by atoms with Crippen molar-refractivity contribution in [2.45, 2.75) is 13.0 Å². The molecule has 0 bridgehead atoms. The molecule has 19 heavy (non-hydrogen) atoms. The van der Waals surface area contributed by atoms with Gasteiger partial charge in [0.1, 0.15) is 0 Å². The summed E-state index contributed by atoms with van der Waals surface area (Å²) in [5.41, 5.74) is 7.49. The summed E-state index contributed by atoms with van der Waals surface area (Å²) in [7, 11) is 0. The second kappa shape index (κ2) is 6.26. The molecule has 0 aliphatic heterocycles. The highest BCUT2D eigenvalue weighted by Gasteiger charge is 2.08. The van der Waals surface area contributed by atoms with Gasteiger partial charge in [-0.2, -0.15) is 0 Å². The van der Waals surface area contributed by atoms with Crippen LogP contribution in [0.25, 0.3) is 0 Å². The van der Waals surface area contributed by atoms with Crippen molar-refractivity contribution in [1.29, 1.82) is 0 Å². The lowest BCUT2D eigenvalue weighted by molar-refractivity contribution is -0.115. The van der Waals surface area contributed by atoms with Crippen molar-refractivity contribution in [2.24, 2.45) is 5.73 Å². The molecule has 0 aliphatic carbocycles. The van der Waals surface area contributed by atoms with E-state index in [2.05, 4.69) is 15.5 Å². The van der Waals surface area contributed by atoms with E-state index in [-0.39, 0.29) is 17.5 Å². The van der Waals surface area contributed by atoms with E-state index in [0.29, 0.717) is 12.4 Å². The highest BCUT2D eigenvalue weighted by molar-refractivity contribution is 6.29. The first-order chi connectivity index (χ1) is 9.19. The summed E-state index contributed by atoms with van der Waals surface area (Å²) < 4.78 is 0. The fourth-order valence-electron chi connectivity index (χ4n) is 1.67. The Hall–Kier alpha value is -1.98. The quantitative estimate of drug-likeness (QED) is 0.892. The minimum absolute atomic E-state index is 0.169. The van der Waals surface area contributed by atoms with Gasteiger partial charge in [0.2, 0.25) is 5.91 Å². The van der Waals surface area contributed by atoms with E-state index in [1.807, 2.05) is 24.3 Å². The third kappa shape index (κ3) is 3.74. The molecular formula is C13H13ClN4O. The second-order valence-corrected chi connectivity index (χ2v) is 4.33. The normalized spacial score (nSPS) is 10.2. The summed E-state index contributed by atoms with van der Waals surface area (Å²) in [5.74, 6) is 0.206. The Balaban J connectivity index is 2.03. The number of hydrogen-bond acceptors (Lipinski definition) is 4. The number of aromatic nitrogens is 2. The number of amides is 1. The first-order valence-corrected chi connectivity index (χ1v) is 6.13. The fourth-order valence-corrected chi connectivity index (χ4v) is 1.77. The maximum absolute atomic E-state index is 11.9. The van der Waals surface area contributed by atoms with Gasteiger partial charge in [0.25, 0.3) is 0 Å². The number of nitrogens with zero attached hydrogens (tertiary/aromatic N) is 2. The largest absolute Gasteiger partial charge is 0.326 e. The Morgan fingerprint density at radius 2 is 1.89 bits per heavy atom. The van der Waals surface area contributed by atoms with Gasteiger partial charge in [0.05, 0.1) is 6.42 Å². The number of nitrogens with two attached hydrogens (primary N) is 1. The standard InChI is InChI=1S/C13H13ClN4O/c14-11-5-6-12(18-17-11)16-13(19)7-9-3-1-2-4-10(9)8-15/h1-6H,7-8,15H2,(H,16,18,19). The lowest BCUT2D eigenvalue weighted by Gasteiger charge is -2.07. The lowest BCUT2D eigenvalue weighted by atomic mass is 10.0. The molecule has 0 saturated carbocycles. The van der Waals surface area contributed by atoms with Gasteiger partial charge in [-0.15, -0.1) is 10.2 Å². The molecule has 98 valence electrons. The van der Waals surface area contributed by atoms with Gasteiger partial charge in [-0.1, -0.05) is 35.9 Å². The molecule has 2 aromatic rings. The molecule has 6 heteroatoms.